The predicted molar refractivity (Wildman–Crippen MR) is 155 cm³/mol. The molecule has 0 unspecified atom stereocenters. The summed E-state index contributed by atoms with van der Waals surface area (Å²) in [5.41, 5.74) is 4.04. The number of rotatable bonds is 10. The molecule has 4 rings (SSSR count). The molecule has 39 heavy (non-hydrogen) atoms. The average molecular weight is 560 g/mol. The van der Waals surface area contributed by atoms with Crippen LogP contribution in [0, 0.1) is 11.3 Å². The summed E-state index contributed by atoms with van der Waals surface area (Å²) in [5, 5.41) is 14.2. The van der Waals surface area contributed by atoms with Crippen LogP contribution in [0.1, 0.15) is 12.0 Å². The standard InChI is InChI=1S/C30H26ClN3O4S/c1-36-26-15-20(16-27(37-2)29(26)38-3)23-17-25(19-7-5-4-6-8-19)34-30(24(23)18-32)39-14-13-28(35)33-22-11-9-21(31)10-12-22/h4-12,15-17H,13-14H2,1-3H3,(H,33,35). The number of nitriles is 1. The Morgan fingerprint density at radius 2 is 1.62 bits per heavy atom. The Labute approximate surface area is 236 Å². The van der Waals surface area contributed by atoms with E-state index >= 15 is 0 Å². The van der Waals surface area contributed by atoms with E-state index in [0.29, 0.717) is 61.1 Å². The van der Waals surface area contributed by atoms with Crippen molar-refractivity contribution >= 4 is 35.0 Å². The van der Waals surface area contributed by atoms with Gasteiger partial charge in [-0.05, 0) is 48.0 Å². The van der Waals surface area contributed by atoms with Crippen molar-refractivity contribution in [3.63, 3.8) is 0 Å². The Morgan fingerprint density at radius 1 is 0.949 bits per heavy atom. The van der Waals surface area contributed by atoms with E-state index < -0.39 is 0 Å². The quantitative estimate of drug-likeness (QED) is 0.207. The lowest BCUT2D eigenvalue weighted by Gasteiger charge is -2.16. The summed E-state index contributed by atoms with van der Waals surface area (Å²) in [6.45, 7) is 0. The van der Waals surface area contributed by atoms with E-state index in [0.717, 1.165) is 5.56 Å². The number of halogens is 1. The maximum Gasteiger partial charge on any atom is 0.225 e. The minimum absolute atomic E-state index is 0.146. The summed E-state index contributed by atoms with van der Waals surface area (Å²) < 4.78 is 16.6. The van der Waals surface area contributed by atoms with Gasteiger partial charge in [0.25, 0.3) is 0 Å². The van der Waals surface area contributed by atoms with Gasteiger partial charge < -0.3 is 19.5 Å². The van der Waals surface area contributed by atoms with E-state index in [-0.39, 0.29) is 12.3 Å². The SMILES string of the molecule is COc1cc(-c2cc(-c3ccccc3)nc(SCCC(=O)Nc3ccc(Cl)cc3)c2C#N)cc(OC)c1OC. The fraction of sp³-hybridized carbons (Fsp3) is 0.167. The number of aromatic nitrogens is 1. The number of nitrogens with zero attached hydrogens (tertiary/aromatic N) is 2. The van der Waals surface area contributed by atoms with Gasteiger partial charge in [0.05, 0.1) is 32.6 Å². The van der Waals surface area contributed by atoms with Crippen molar-refractivity contribution < 1.29 is 19.0 Å². The van der Waals surface area contributed by atoms with E-state index in [9.17, 15) is 10.1 Å². The third kappa shape index (κ3) is 6.63. The highest BCUT2D eigenvalue weighted by atomic mass is 35.5. The highest BCUT2D eigenvalue weighted by molar-refractivity contribution is 7.99. The molecule has 1 amide bonds. The first-order valence-corrected chi connectivity index (χ1v) is 13.3. The van der Waals surface area contributed by atoms with Crippen molar-refractivity contribution in [2.75, 3.05) is 32.4 Å². The number of thioether (sulfide) groups is 1. The van der Waals surface area contributed by atoms with Crippen LogP contribution in [0.3, 0.4) is 0 Å². The van der Waals surface area contributed by atoms with Crippen LogP contribution in [-0.2, 0) is 4.79 Å². The molecule has 0 aliphatic rings. The van der Waals surface area contributed by atoms with Gasteiger partial charge in [0, 0.05) is 34.0 Å². The topological polar surface area (TPSA) is 93.5 Å². The molecule has 0 saturated carbocycles. The van der Waals surface area contributed by atoms with Crippen LogP contribution in [0.15, 0.2) is 77.8 Å². The maximum absolute atomic E-state index is 12.5. The van der Waals surface area contributed by atoms with Crippen molar-refractivity contribution in [1.82, 2.24) is 4.98 Å². The Hall–Kier alpha value is -4.19. The lowest BCUT2D eigenvalue weighted by atomic mass is 9.98. The molecular weight excluding hydrogens is 534 g/mol. The summed E-state index contributed by atoms with van der Waals surface area (Å²) in [5.74, 6) is 1.69. The summed E-state index contributed by atoms with van der Waals surface area (Å²) in [4.78, 5) is 17.4. The van der Waals surface area contributed by atoms with Crippen molar-refractivity contribution in [1.29, 1.82) is 5.26 Å². The summed E-state index contributed by atoms with van der Waals surface area (Å²) in [6.07, 6.45) is 0.231. The van der Waals surface area contributed by atoms with E-state index in [1.807, 2.05) is 36.4 Å². The Bertz CT molecular complexity index is 1480. The molecule has 0 aliphatic heterocycles. The molecule has 3 aromatic carbocycles. The first-order chi connectivity index (χ1) is 19.0. The van der Waals surface area contributed by atoms with Gasteiger partial charge >= 0.3 is 0 Å². The van der Waals surface area contributed by atoms with Gasteiger partial charge in [0.15, 0.2) is 11.5 Å². The molecule has 1 heterocycles. The van der Waals surface area contributed by atoms with Crippen molar-refractivity contribution in [3.8, 4) is 45.7 Å². The Kier molecular flexibility index (Phi) is 9.31. The monoisotopic (exact) mass is 559 g/mol. The average Bonchev–Trinajstić information content (AvgIpc) is 2.97. The molecule has 4 aromatic rings. The highest BCUT2D eigenvalue weighted by Crippen LogP contribution is 2.43. The summed E-state index contributed by atoms with van der Waals surface area (Å²) >= 11 is 7.28. The number of hydrogen-bond acceptors (Lipinski definition) is 7. The summed E-state index contributed by atoms with van der Waals surface area (Å²) in [7, 11) is 4.63. The molecule has 0 radical (unpaired) electrons. The number of nitrogens with one attached hydrogen (secondary N) is 1. The number of benzene rings is 3. The molecule has 0 aliphatic carbocycles. The Balaban J connectivity index is 1.70. The number of carbonyl (C=O) groups excluding carboxylic acids is 1. The van der Waals surface area contributed by atoms with Crippen molar-refractivity contribution in [2.24, 2.45) is 0 Å². The smallest absolute Gasteiger partial charge is 0.225 e. The molecule has 0 atom stereocenters. The van der Waals surface area contributed by atoms with Crippen LogP contribution in [-0.4, -0.2) is 38.0 Å². The van der Waals surface area contributed by atoms with Gasteiger partial charge in [-0.25, -0.2) is 4.98 Å². The second-order valence-corrected chi connectivity index (χ2v) is 9.80. The molecule has 0 spiro atoms. The number of pyridine rings is 1. The first kappa shape index (κ1) is 27.8. The van der Waals surface area contributed by atoms with Crippen LogP contribution < -0.4 is 19.5 Å². The zero-order valence-corrected chi connectivity index (χ0v) is 23.2. The fourth-order valence-electron chi connectivity index (χ4n) is 3.95. The largest absolute Gasteiger partial charge is 0.493 e. The first-order valence-electron chi connectivity index (χ1n) is 12.0. The van der Waals surface area contributed by atoms with Gasteiger partial charge in [0.1, 0.15) is 11.1 Å². The Morgan fingerprint density at radius 3 is 2.21 bits per heavy atom. The minimum atomic E-state index is -0.146. The number of amides is 1. The molecule has 1 aromatic heterocycles. The molecule has 0 bridgehead atoms. The molecule has 9 heteroatoms. The van der Waals surface area contributed by atoms with Gasteiger partial charge in [-0.2, -0.15) is 5.26 Å². The molecule has 0 saturated heterocycles. The van der Waals surface area contributed by atoms with Gasteiger partial charge in [0.2, 0.25) is 11.7 Å². The fourth-order valence-corrected chi connectivity index (χ4v) is 5.02. The van der Waals surface area contributed by atoms with Gasteiger partial charge in [-0.15, -0.1) is 11.8 Å². The molecule has 0 fully saturated rings. The zero-order chi connectivity index (χ0) is 27.8. The van der Waals surface area contributed by atoms with Gasteiger partial charge in [-0.1, -0.05) is 41.9 Å². The predicted octanol–water partition coefficient (Wildman–Crippen LogP) is 7.09. The van der Waals surface area contributed by atoms with E-state index in [4.69, 9.17) is 30.8 Å². The minimum Gasteiger partial charge on any atom is -0.493 e. The van der Waals surface area contributed by atoms with Crippen LogP contribution in [0.5, 0.6) is 17.2 Å². The van der Waals surface area contributed by atoms with E-state index in [1.54, 1.807) is 57.7 Å². The normalized spacial score (nSPS) is 10.4. The van der Waals surface area contributed by atoms with Gasteiger partial charge in [-0.3, -0.25) is 4.79 Å². The van der Waals surface area contributed by atoms with Crippen molar-refractivity contribution in [2.45, 2.75) is 11.4 Å². The second-order valence-electron chi connectivity index (χ2n) is 8.28. The van der Waals surface area contributed by atoms with Crippen LogP contribution in [0.2, 0.25) is 5.02 Å². The summed E-state index contributed by atoms with van der Waals surface area (Å²) in [6, 6.07) is 24.5. The van der Waals surface area contributed by atoms with Crippen molar-refractivity contribution in [3.05, 3.63) is 83.4 Å². The van der Waals surface area contributed by atoms with Crippen LogP contribution >= 0.6 is 23.4 Å². The number of ether oxygens (including phenoxy) is 3. The number of hydrogen-bond donors (Lipinski definition) is 1. The van der Waals surface area contributed by atoms with E-state index in [1.165, 1.54) is 11.8 Å². The lowest BCUT2D eigenvalue weighted by molar-refractivity contribution is -0.115. The number of methoxy groups -OCH3 is 3. The van der Waals surface area contributed by atoms with Crippen LogP contribution in [0.25, 0.3) is 22.4 Å². The zero-order valence-electron chi connectivity index (χ0n) is 21.7. The highest BCUT2D eigenvalue weighted by Gasteiger charge is 2.20. The second kappa shape index (κ2) is 13.1. The lowest BCUT2D eigenvalue weighted by Crippen LogP contribution is -2.12. The molecule has 198 valence electrons. The molecular formula is C30H26ClN3O4S. The van der Waals surface area contributed by atoms with E-state index in [2.05, 4.69) is 11.4 Å². The third-order valence-electron chi connectivity index (χ3n) is 5.84. The number of carbonyl (C=O) groups is 1. The van der Waals surface area contributed by atoms with Crippen LogP contribution in [0.4, 0.5) is 5.69 Å². The molecule has 1 N–H and O–H groups in total. The molecule has 7 nitrogen and oxygen atoms in total. The maximum atomic E-state index is 12.5. The number of anilines is 1. The third-order valence-corrected chi connectivity index (χ3v) is 7.07.